The quantitative estimate of drug-likeness (QED) is 0.611. The van der Waals surface area contributed by atoms with Gasteiger partial charge < -0.3 is 19.3 Å². The lowest BCUT2D eigenvalue weighted by Gasteiger charge is -2.37. The summed E-state index contributed by atoms with van der Waals surface area (Å²) in [6.45, 7) is 3.45. The van der Waals surface area contributed by atoms with Gasteiger partial charge in [0.15, 0.2) is 0 Å². The van der Waals surface area contributed by atoms with Crippen molar-refractivity contribution in [3.63, 3.8) is 0 Å². The van der Waals surface area contributed by atoms with Crippen LogP contribution in [0.15, 0.2) is 41.3 Å². The Hall–Kier alpha value is -2.04. The van der Waals surface area contributed by atoms with E-state index < -0.39 is 10.0 Å². The molecule has 0 aromatic heterocycles. The van der Waals surface area contributed by atoms with E-state index in [0.717, 1.165) is 0 Å². The molecule has 178 valence electrons. The summed E-state index contributed by atoms with van der Waals surface area (Å²) in [7, 11) is -2.08. The van der Waals surface area contributed by atoms with Crippen LogP contribution in [0.3, 0.4) is 0 Å². The van der Waals surface area contributed by atoms with Gasteiger partial charge in [0, 0.05) is 44.8 Å². The van der Waals surface area contributed by atoms with Crippen molar-refractivity contribution in [2.24, 2.45) is 0 Å². The third-order valence-electron chi connectivity index (χ3n) is 5.83. The van der Waals surface area contributed by atoms with Gasteiger partial charge in [0.1, 0.15) is 5.75 Å². The molecule has 0 N–H and O–H groups in total. The highest BCUT2D eigenvalue weighted by Gasteiger charge is 2.29. The van der Waals surface area contributed by atoms with E-state index in [1.54, 1.807) is 48.4 Å². The van der Waals surface area contributed by atoms with Crippen LogP contribution in [0.5, 0.6) is 5.75 Å². The highest BCUT2D eigenvalue weighted by Crippen LogP contribution is 2.33. The number of ether oxygens (including phenoxy) is 2. The predicted octanol–water partition coefficient (Wildman–Crippen LogP) is 2.99. The minimum atomic E-state index is -3.63. The van der Waals surface area contributed by atoms with Crippen LogP contribution < -0.4 is 9.64 Å². The van der Waals surface area contributed by atoms with E-state index in [0.29, 0.717) is 79.5 Å². The molecular formula is C22H25Cl2N3O5S. The molecule has 1 amide bonds. The van der Waals surface area contributed by atoms with Crippen molar-refractivity contribution in [3.8, 4) is 5.75 Å². The van der Waals surface area contributed by atoms with Crippen LogP contribution in [0.2, 0.25) is 10.0 Å². The number of sulfonamides is 1. The molecule has 2 aliphatic heterocycles. The molecule has 0 atom stereocenters. The second-order valence-electron chi connectivity index (χ2n) is 7.76. The van der Waals surface area contributed by atoms with Gasteiger partial charge in [-0.05, 0) is 36.4 Å². The molecule has 0 bridgehead atoms. The summed E-state index contributed by atoms with van der Waals surface area (Å²) in [5.41, 5.74) is 1.17. The van der Waals surface area contributed by atoms with E-state index in [1.807, 2.05) is 4.90 Å². The van der Waals surface area contributed by atoms with Crippen molar-refractivity contribution in [2.75, 3.05) is 64.5 Å². The maximum absolute atomic E-state index is 13.1. The number of hydrogen-bond acceptors (Lipinski definition) is 6. The Kier molecular flexibility index (Phi) is 7.35. The first-order valence-corrected chi connectivity index (χ1v) is 12.8. The number of methoxy groups -OCH3 is 1. The number of carbonyl (C=O) groups excluding carboxylic acids is 1. The van der Waals surface area contributed by atoms with Gasteiger partial charge in [-0.2, -0.15) is 4.31 Å². The van der Waals surface area contributed by atoms with E-state index in [9.17, 15) is 13.2 Å². The molecule has 2 saturated heterocycles. The van der Waals surface area contributed by atoms with Crippen LogP contribution in [0, 0.1) is 0 Å². The largest absolute Gasteiger partial charge is 0.495 e. The molecule has 2 heterocycles. The van der Waals surface area contributed by atoms with Crippen molar-refractivity contribution >= 4 is 44.8 Å². The molecule has 2 fully saturated rings. The fraction of sp³-hybridized carbons (Fsp3) is 0.409. The fourth-order valence-electron chi connectivity index (χ4n) is 3.98. The van der Waals surface area contributed by atoms with Crippen LogP contribution >= 0.6 is 23.2 Å². The van der Waals surface area contributed by atoms with E-state index in [1.165, 1.54) is 4.31 Å². The Bertz CT molecular complexity index is 1130. The van der Waals surface area contributed by atoms with E-state index in [4.69, 9.17) is 32.7 Å². The topological polar surface area (TPSA) is 79.4 Å². The van der Waals surface area contributed by atoms with E-state index >= 15 is 0 Å². The molecule has 0 aliphatic carbocycles. The third-order valence-corrected chi connectivity index (χ3v) is 8.47. The lowest BCUT2D eigenvalue weighted by Crippen LogP contribution is -2.49. The maximum atomic E-state index is 13.1. The zero-order valence-corrected chi connectivity index (χ0v) is 20.5. The first kappa shape index (κ1) is 24.1. The highest BCUT2D eigenvalue weighted by atomic mass is 35.5. The maximum Gasteiger partial charge on any atom is 0.254 e. The molecule has 11 heteroatoms. The molecular weight excluding hydrogens is 489 g/mol. The molecule has 0 radical (unpaired) electrons. The number of anilines is 1. The molecule has 0 unspecified atom stereocenters. The number of piperazine rings is 1. The van der Waals surface area contributed by atoms with Gasteiger partial charge in [-0.25, -0.2) is 8.42 Å². The lowest BCUT2D eigenvalue weighted by atomic mass is 10.1. The molecule has 0 saturated carbocycles. The fourth-order valence-corrected chi connectivity index (χ4v) is 5.70. The number of benzene rings is 2. The monoisotopic (exact) mass is 513 g/mol. The van der Waals surface area contributed by atoms with Gasteiger partial charge in [0.2, 0.25) is 10.0 Å². The zero-order chi connectivity index (χ0) is 23.6. The summed E-state index contributed by atoms with van der Waals surface area (Å²) in [4.78, 5) is 16.9. The van der Waals surface area contributed by atoms with Gasteiger partial charge in [-0.1, -0.05) is 23.2 Å². The van der Waals surface area contributed by atoms with Crippen LogP contribution in [0.1, 0.15) is 10.4 Å². The van der Waals surface area contributed by atoms with Crippen molar-refractivity contribution < 1.29 is 22.7 Å². The Balaban J connectivity index is 1.51. The van der Waals surface area contributed by atoms with Gasteiger partial charge in [-0.3, -0.25) is 4.79 Å². The Morgan fingerprint density at radius 1 is 0.939 bits per heavy atom. The van der Waals surface area contributed by atoms with Gasteiger partial charge in [0.25, 0.3) is 5.91 Å². The predicted molar refractivity (Wildman–Crippen MR) is 127 cm³/mol. The molecule has 33 heavy (non-hydrogen) atoms. The first-order valence-electron chi connectivity index (χ1n) is 10.6. The Morgan fingerprint density at radius 2 is 1.64 bits per heavy atom. The minimum Gasteiger partial charge on any atom is -0.495 e. The lowest BCUT2D eigenvalue weighted by molar-refractivity contribution is 0.0730. The van der Waals surface area contributed by atoms with E-state index in [2.05, 4.69) is 0 Å². The van der Waals surface area contributed by atoms with Crippen LogP contribution in [-0.4, -0.2) is 83.1 Å². The Labute approximate surface area is 203 Å². The summed E-state index contributed by atoms with van der Waals surface area (Å²) in [5, 5.41) is 0.737. The van der Waals surface area contributed by atoms with Gasteiger partial charge >= 0.3 is 0 Å². The smallest absolute Gasteiger partial charge is 0.254 e. The number of carbonyl (C=O) groups is 1. The molecule has 4 rings (SSSR count). The second-order valence-corrected chi connectivity index (χ2v) is 10.5. The van der Waals surface area contributed by atoms with Crippen molar-refractivity contribution in [2.45, 2.75) is 4.90 Å². The third kappa shape index (κ3) is 5.07. The number of halogens is 2. The summed E-state index contributed by atoms with van der Waals surface area (Å²) < 4.78 is 38.4. The van der Waals surface area contributed by atoms with Crippen molar-refractivity contribution in [3.05, 3.63) is 52.0 Å². The molecule has 2 aromatic rings. The van der Waals surface area contributed by atoms with Crippen molar-refractivity contribution in [1.29, 1.82) is 0 Å². The van der Waals surface area contributed by atoms with Crippen LogP contribution in [-0.2, 0) is 14.8 Å². The normalized spacial score (nSPS) is 17.8. The Morgan fingerprint density at radius 3 is 2.27 bits per heavy atom. The molecule has 8 nitrogen and oxygen atoms in total. The number of morpholine rings is 1. The summed E-state index contributed by atoms with van der Waals surface area (Å²) in [6, 6.07) is 9.74. The van der Waals surface area contributed by atoms with Crippen LogP contribution in [0.25, 0.3) is 0 Å². The van der Waals surface area contributed by atoms with Gasteiger partial charge in [0.05, 0.1) is 41.0 Å². The van der Waals surface area contributed by atoms with Gasteiger partial charge in [-0.15, -0.1) is 0 Å². The van der Waals surface area contributed by atoms with Crippen LogP contribution in [0.4, 0.5) is 5.69 Å². The molecule has 2 aliphatic rings. The molecule has 0 spiro atoms. The van der Waals surface area contributed by atoms with Crippen molar-refractivity contribution in [1.82, 2.24) is 9.21 Å². The number of amides is 1. The number of nitrogens with zero attached hydrogens (tertiary/aromatic N) is 3. The average Bonchev–Trinajstić information content (AvgIpc) is 2.85. The minimum absolute atomic E-state index is 0.121. The highest BCUT2D eigenvalue weighted by molar-refractivity contribution is 7.89. The SMILES string of the molecule is COc1ccc(S(=O)(=O)N2CCOCC2)cc1N1CCN(C(=O)c2ccc(Cl)c(Cl)c2)CC1. The zero-order valence-electron chi connectivity index (χ0n) is 18.2. The summed E-state index contributed by atoms with van der Waals surface area (Å²) in [6.07, 6.45) is 0. The van der Waals surface area contributed by atoms with E-state index in [-0.39, 0.29) is 10.8 Å². The first-order chi connectivity index (χ1) is 15.8. The summed E-state index contributed by atoms with van der Waals surface area (Å²) in [5.74, 6) is 0.462. The molecule has 2 aromatic carbocycles. The second kappa shape index (κ2) is 10.1. The number of hydrogen-bond donors (Lipinski definition) is 0. The number of rotatable bonds is 5. The average molecular weight is 514 g/mol. The summed E-state index contributed by atoms with van der Waals surface area (Å²) >= 11 is 12.0. The standard InChI is InChI=1S/C22H25Cl2N3O5S/c1-31-21-5-3-17(33(29,30)27-10-12-32-13-11-27)15-20(21)25-6-8-26(9-7-25)22(28)16-2-4-18(23)19(24)14-16/h2-5,14-15H,6-13H2,1H3.